The van der Waals surface area contributed by atoms with E-state index in [-0.39, 0.29) is 0 Å². The van der Waals surface area contributed by atoms with Gasteiger partial charge in [-0.2, -0.15) is 0 Å². The van der Waals surface area contributed by atoms with Crippen LogP contribution in [0.1, 0.15) is 12.0 Å². The van der Waals surface area contributed by atoms with Crippen molar-refractivity contribution in [3.8, 4) is 0 Å². The van der Waals surface area contributed by atoms with Gasteiger partial charge in [0.15, 0.2) is 5.11 Å². The Hall–Kier alpha value is -1.13. The van der Waals surface area contributed by atoms with Gasteiger partial charge in [0.05, 0.1) is 0 Å². The summed E-state index contributed by atoms with van der Waals surface area (Å²) in [4.78, 5) is 4.65. The van der Waals surface area contributed by atoms with Crippen LogP contribution in [0.3, 0.4) is 0 Å². The van der Waals surface area contributed by atoms with Gasteiger partial charge in [0, 0.05) is 38.4 Å². The minimum absolute atomic E-state index is 1.00. The molecule has 2 aliphatic rings. The molecular weight excluding hydrogens is 242 g/mol. The lowest BCUT2D eigenvalue weighted by Crippen LogP contribution is -2.52. The summed E-state index contributed by atoms with van der Waals surface area (Å²) in [5, 5.41) is 4.38. The van der Waals surface area contributed by atoms with Crippen LogP contribution < -0.4 is 10.2 Å². The molecule has 2 heterocycles. The number of aryl methyl sites for hydroxylation is 1. The van der Waals surface area contributed by atoms with E-state index in [0.29, 0.717) is 0 Å². The zero-order valence-electron chi connectivity index (χ0n) is 10.6. The lowest BCUT2D eigenvalue weighted by molar-refractivity contribution is 0.356. The van der Waals surface area contributed by atoms with E-state index in [9.17, 15) is 0 Å². The van der Waals surface area contributed by atoms with Crippen molar-refractivity contribution in [1.82, 2.24) is 10.2 Å². The summed E-state index contributed by atoms with van der Waals surface area (Å²) in [5.41, 5.74) is 2.74. The second-order valence-electron chi connectivity index (χ2n) is 4.90. The molecule has 3 nitrogen and oxygen atoms in total. The number of nitrogens with one attached hydrogen (secondary N) is 1. The molecule has 1 aromatic carbocycles. The van der Waals surface area contributed by atoms with Crippen molar-refractivity contribution in [3.63, 3.8) is 0 Å². The van der Waals surface area contributed by atoms with Crippen LogP contribution >= 0.6 is 12.2 Å². The van der Waals surface area contributed by atoms with Crippen LogP contribution in [0, 0.1) is 0 Å². The van der Waals surface area contributed by atoms with Crippen LogP contribution in [0.4, 0.5) is 5.69 Å². The second kappa shape index (κ2) is 5.24. The van der Waals surface area contributed by atoms with Crippen LogP contribution in [0.15, 0.2) is 24.3 Å². The molecule has 0 radical (unpaired) electrons. The molecule has 0 aromatic heterocycles. The van der Waals surface area contributed by atoms with Crippen molar-refractivity contribution in [1.29, 1.82) is 0 Å². The molecule has 4 heteroatoms. The number of thiocarbonyl (C=S) groups is 1. The van der Waals surface area contributed by atoms with Gasteiger partial charge in [-0.3, -0.25) is 0 Å². The molecule has 3 rings (SSSR count). The molecule has 0 amide bonds. The van der Waals surface area contributed by atoms with Crippen molar-refractivity contribution in [2.75, 3.05) is 37.6 Å². The largest absolute Gasteiger partial charge is 0.346 e. The summed E-state index contributed by atoms with van der Waals surface area (Å²) < 4.78 is 0. The van der Waals surface area contributed by atoms with E-state index in [2.05, 4.69) is 39.4 Å². The lowest BCUT2D eigenvalue weighted by atomic mass is 10.0. The SMILES string of the molecule is S=C(N1CCNCC1)N1CCCc2ccccc21. The Morgan fingerprint density at radius 2 is 1.89 bits per heavy atom. The molecule has 0 bridgehead atoms. The fourth-order valence-corrected chi connectivity index (χ4v) is 3.13. The molecule has 0 aliphatic carbocycles. The maximum atomic E-state index is 5.69. The number of anilines is 1. The number of fused-ring (bicyclic) bond motifs is 1. The monoisotopic (exact) mass is 261 g/mol. The molecule has 0 atom stereocenters. The highest BCUT2D eigenvalue weighted by Crippen LogP contribution is 2.27. The first-order valence-electron chi connectivity index (χ1n) is 6.71. The normalized spacial score (nSPS) is 19.6. The Labute approximate surface area is 114 Å². The summed E-state index contributed by atoms with van der Waals surface area (Å²) >= 11 is 5.69. The van der Waals surface area contributed by atoms with Crippen LogP contribution in [0.25, 0.3) is 0 Å². The molecule has 0 spiro atoms. The molecule has 1 fully saturated rings. The van der Waals surface area contributed by atoms with Gasteiger partial charge in [-0.15, -0.1) is 0 Å². The third-order valence-corrected chi connectivity index (χ3v) is 4.21. The fraction of sp³-hybridized carbons (Fsp3) is 0.500. The van der Waals surface area contributed by atoms with Crippen molar-refractivity contribution in [2.45, 2.75) is 12.8 Å². The van der Waals surface area contributed by atoms with Gasteiger partial charge in [-0.25, -0.2) is 0 Å². The van der Waals surface area contributed by atoms with Gasteiger partial charge in [0.1, 0.15) is 0 Å². The molecule has 1 N–H and O–H groups in total. The molecule has 2 aliphatic heterocycles. The first-order valence-corrected chi connectivity index (χ1v) is 7.12. The highest BCUT2D eigenvalue weighted by Gasteiger charge is 2.23. The maximum absolute atomic E-state index is 5.69. The molecule has 1 aromatic rings. The van der Waals surface area contributed by atoms with E-state index in [1.807, 2.05) is 0 Å². The number of para-hydroxylation sites is 1. The average molecular weight is 261 g/mol. The zero-order chi connectivity index (χ0) is 12.4. The van der Waals surface area contributed by atoms with Crippen LogP contribution in [0.5, 0.6) is 0 Å². The minimum Gasteiger partial charge on any atom is -0.346 e. The Morgan fingerprint density at radius 3 is 2.72 bits per heavy atom. The van der Waals surface area contributed by atoms with Gasteiger partial charge < -0.3 is 15.1 Å². The topological polar surface area (TPSA) is 18.5 Å². The van der Waals surface area contributed by atoms with E-state index in [4.69, 9.17) is 12.2 Å². The van der Waals surface area contributed by atoms with Gasteiger partial charge in [0.2, 0.25) is 0 Å². The number of benzene rings is 1. The minimum atomic E-state index is 1.00. The van der Waals surface area contributed by atoms with Crippen molar-refractivity contribution >= 4 is 23.0 Å². The fourth-order valence-electron chi connectivity index (χ4n) is 2.76. The molecule has 0 unspecified atom stereocenters. The van der Waals surface area contributed by atoms with Gasteiger partial charge >= 0.3 is 0 Å². The summed E-state index contributed by atoms with van der Waals surface area (Å²) in [6.45, 7) is 5.18. The predicted molar refractivity (Wildman–Crippen MR) is 79.1 cm³/mol. The van der Waals surface area contributed by atoms with Gasteiger partial charge in [0.25, 0.3) is 0 Å². The standard InChI is InChI=1S/C14H19N3S/c18-14(16-10-7-15-8-11-16)17-9-3-5-12-4-1-2-6-13(12)17/h1-2,4,6,15H,3,5,7-11H2. The smallest absolute Gasteiger partial charge is 0.176 e. The number of piperazine rings is 1. The molecule has 1 saturated heterocycles. The molecule has 18 heavy (non-hydrogen) atoms. The van der Waals surface area contributed by atoms with Gasteiger partial charge in [-0.05, 0) is 36.7 Å². The molecule has 96 valence electrons. The number of hydrogen-bond donors (Lipinski definition) is 1. The third kappa shape index (κ3) is 2.22. The maximum Gasteiger partial charge on any atom is 0.176 e. The summed E-state index contributed by atoms with van der Waals surface area (Å²) in [6.07, 6.45) is 2.38. The quantitative estimate of drug-likeness (QED) is 0.715. The van der Waals surface area contributed by atoms with Crippen molar-refractivity contribution in [3.05, 3.63) is 29.8 Å². The first kappa shape index (κ1) is 11.9. The first-order chi connectivity index (χ1) is 8.86. The lowest BCUT2D eigenvalue weighted by Gasteiger charge is -2.38. The van der Waals surface area contributed by atoms with Crippen LogP contribution in [-0.4, -0.2) is 42.7 Å². The zero-order valence-corrected chi connectivity index (χ0v) is 11.4. The summed E-state index contributed by atoms with van der Waals surface area (Å²) in [5.74, 6) is 0. The number of nitrogens with zero attached hydrogens (tertiary/aromatic N) is 2. The Bertz CT molecular complexity index is 440. The van der Waals surface area contributed by atoms with Crippen LogP contribution in [0.2, 0.25) is 0 Å². The van der Waals surface area contributed by atoms with Crippen LogP contribution in [-0.2, 0) is 6.42 Å². The Morgan fingerprint density at radius 1 is 1.11 bits per heavy atom. The predicted octanol–water partition coefficient (Wildman–Crippen LogP) is 1.63. The molecular formula is C14H19N3S. The van der Waals surface area contributed by atoms with E-state index in [0.717, 1.165) is 37.8 Å². The number of rotatable bonds is 0. The Balaban J connectivity index is 1.82. The second-order valence-corrected chi connectivity index (χ2v) is 5.27. The summed E-state index contributed by atoms with van der Waals surface area (Å²) in [6, 6.07) is 8.65. The van der Waals surface area contributed by atoms with Crippen molar-refractivity contribution in [2.24, 2.45) is 0 Å². The highest BCUT2D eigenvalue weighted by atomic mass is 32.1. The van der Waals surface area contributed by atoms with E-state index >= 15 is 0 Å². The Kier molecular flexibility index (Phi) is 3.48. The van der Waals surface area contributed by atoms with E-state index in [1.165, 1.54) is 24.1 Å². The third-order valence-electron chi connectivity index (χ3n) is 3.73. The van der Waals surface area contributed by atoms with Crippen molar-refractivity contribution < 1.29 is 0 Å². The highest BCUT2D eigenvalue weighted by molar-refractivity contribution is 7.80. The number of hydrogen-bond acceptors (Lipinski definition) is 2. The van der Waals surface area contributed by atoms with E-state index < -0.39 is 0 Å². The van der Waals surface area contributed by atoms with Gasteiger partial charge in [-0.1, -0.05) is 18.2 Å². The average Bonchev–Trinajstić information content (AvgIpc) is 2.47. The molecule has 0 saturated carbocycles. The summed E-state index contributed by atoms with van der Waals surface area (Å²) in [7, 11) is 0. The van der Waals surface area contributed by atoms with E-state index in [1.54, 1.807) is 0 Å².